The minimum Gasteiger partial charge on any atom is -0.508 e. The van der Waals surface area contributed by atoms with Crippen molar-refractivity contribution in [2.24, 2.45) is 5.92 Å². The molecule has 0 bridgehead atoms. The van der Waals surface area contributed by atoms with Crippen molar-refractivity contribution in [3.05, 3.63) is 65.7 Å². The van der Waals surface area contributed by atoms with E-state index in [4.69, 9.17) is 0 Å². The second-order valence-corrected chi connectivity index (χ2v) is 9.71. The summed E-state index contributed by atoms with van der Waals surface area (Å²) in [4.78, 5) is 29.4. The number of amides is 2. The molecule has 1 aliphatic carbocycles. The Hall–Kier alpha value is -2.90. The van der Waals surface area contributed by atoms with Crippen LogP contribution in [0.5, 0.6) is 5.75 Å². The van der Waals surface area contributed by atoms with E-state index in [9.17, 15) is 14.7 Å². The van der Waals surface area contributed by atoms with Gasteiger partial charge in [0, 0.05) is 44.6 Å². The van der Waals surface area contributed by atoms with Crippen molar-refractivity contribution in [3.63, 3.8) is 0 Å². The van der Waals surface area contributed by atoms with E-state index in [2.05, 4.69) is 22.7 Å². The van der Waals surface area contributed by atoms with Crippen molar-refractivity contribution in [1.29, 1.82) is 0 Å². The lowest BCUT2D eigenvalue weighted by Gasteiger charge is -2.38. The van der Waals surface area contributed by atoms with Gasteiger partial charge in [-0.2, -0.15) is 0 Å². The van der Waals surface area contributed by atoms with Crippen LogP contribution in [0.2, 0.25) is 0 Å². The van der Waals surface area contributed by atoms with Crippen LogP contribution in [0.25, 0.3) is 0 Å². The number of nitrogens with zero attached hydrogens (tertiary/aromatic N) is 2. The van der Waals surface area contributed by atoms with Gasteiger partial charge in [-0.15, -0.1) is 0 Å². The fourth-order valence-electron chi connectivity index (χ4n) is 5.38. The highest BCUT2D eigenvalue weighted by atomic mass is 16.3. The second-order valence-electron chi connectivity index (χ2n) is 9.71. The van der Waals surface area contributed by atoms with Crippen molar-refractivity contribution >= 4 is 11.8 Å². The van der Waals surface area contributed by atoms with Gasteiger partial charge in [-0.3, -0.25) is 15.0 Å². The zero-order valence-corrected chi connectivity index (χ0v) is 20.7. The number of hydrogen-bond donors (Lipinski definition) is 3. The number of aromatic hydroxyl groups is 1. The van der Waals surface area contributed by atoms with Gasteiger partial charge in [0.05, 0.1) is 0 Å². The average Bonchev–Trinajstić information content (AvgIpc) is 3.58. The molecule has 2 aromatic carbocycles. The van der Waals surface area contributed by atoms with Crippen LogP contribution in [0.3, 0.4) is 0 Å². The Bertz CT molecular complexity index is 960. The van der Waals surface area contributed by atoms with Gasteiger partial charge in [0.1, 0.15) is 11.8 Å². The Labute approximate surface area is 208 Å². The number of carbonyl (C=O) groups excluding carboxylic acids is 2. The molecular formula is C28H38N4O3. The topological polar surface area (TPSA) is 84.9 Å². The summed E-state index contributed by atoms with van der Waals surface area (Å²) in [5.41, 5.74) is 5.46. The third-order valence-electron chi connectivity index (χ3n) is 7.31. The number of carbonyl (C=O) groups is 2. The first kappa shape index (κ1) is 25.2. The Morgan fingerprint density at radius 2 is 1.80 bits per heavy atom. The maximum absolute atomic E-state index is 13.8. The maximum atomic E-state index is 13.8. The maximum Gasteiger partial charge on any atom is 0.243 e. The summed E-state index contributed by atoms with van der Waals surface area (Å²) in [7, 11) is 0. The first-order chi connectivity index (χ1) is 17.0. The van der Waals surface area contributed by atoms with Gasteiger partial charge in [0.2, 0.25) is 11.8 Å². The molecule has 0 spiro atoms. The predicted octanol–water partition coefficient (Wildman–Crippen LogP) is 3.24. The highest BCUT2D eigenvalue weighted by molar-refractivity contribution is 5.88. The van der Waals surface area contributed by atoms with E-state index in [1.165, 1.54) is 0 Å². The lowest BCUT2D eigenvalue weighted by atomic mass is 9.94. The van der Waals surface area contributed by atoms with Crippen LogP contribution in [0, 0.1) is 5.92 Å². The average molecular weight is 479 g/mol. The van der Waals surface area contributed by atoms with E-state index in [0.29, 0.717) is 25.9 Å². The van der Waals surface area contributed by atoms with Crippen LogP contribution in [-0.2, 0) is 22.6 Å². The Balaban J connectivity index is 1.54. The van der Waals surface area contributed by atoms with Crippen LogP contribution in [0.1, 0.15) is 50.2 Å². The quantitative estimate of drug-likeness (QED) is 0.488. The molecule has 4 rings (SSSR count). The molecule has 2 aliphatic rings. The van der Waals surface area contributed by atoms with E-state index >= 15 is 0 Å². The SMILES string of the molecule is CCN1CC(C(C(=O)NCc2ccccc2)N(C(=O)CCc2ccc(O)cc2)C2CCCC2)CN1. The van der Waals surface area contributed by atoms with E-state index in [-0.39, 0.29) is 29.5 Å². The number of hydrazine groups is 1. The van der Waals surface area contributed by atoms with Crippen molar-refractivity contribution in [1.82, 2.24) is 20.7 Å². The normalized spacial score (nSPS) is 19.5. The molecule has 1 saturated carbocycles. The number of nitrogens with one attached hydrogen (secondary N) is 2. The monoisotopic (exact) mass is 478 g/mol. The lowest BCUT2D eigenvalue weighted by molar-refractivity contribution is -0.145. The van der Waals surface area contributed by atoms with Gasteiger partial charge in [-0.25, -0.2) is 5.01 Å². The van der Waals surface area contributed by atoms with Crippen molar-refractivity contribution in [2.75, 3.05) is 19.6 Å². The molecule has 35 heavy (non-hydrogen) atoms. The number of rotatable bonds is 10. The van der Waals surface area contributed by atoms with Crippen molar-refractivity contribution < 1.29 is 14.7 Å². The molecule has 0 aromatic heterocycles. The Kier molecular flexibility index (Phi) is 8.77. The predicted molar refractivity (Wildman–Crippen MR) is 136 cm³/mol. The molecule has 7 nitrogen and oxygen atoms in total. The summed E-state index contributed by atoms with van der Waals surface area (Å²) in [5, 5.41) is 14.8. The number of phenolic OH excluding ortho intramolecular Hbond substituents is 1. The minimum atomic E-state index is -0.502. The van der Waals surface area contributed by atoms with Gasteiger partial charge in [-0.05, 0) is 42.5 Å². The molecule has 2 fully saturated rings. The Morgan fingerprint density at radius 3 is 2.46 bits per heavy atom. The van der Waals surface area contributed by atoms with E-state index < -0.39 is 6.04 Å². The summed E-state index contributed by atoms with van der Waals surface area (Å²) in [6.07, 6.45) is 5.02. The number of hydrogen-bond acceptors (Lipinski definition) is 5. The summed E-state index contributed by atoms with van der Waals surface area (Å²) in [6, 6.07) is 16.5. The first-order valence-corrected chi connectivity index (χ1v) is 12.9. The van der Waals surface area contributed by atoms with Crippen LogP contribution >= 0.6 is 0 Å². The number of phenols is 1. The standard InChI is InChI=1S/C28H38N4O3/c1-2-31-20-23(19-30-31)27(28(35)29-18-22-8-4-3-5-9-22)32(24-10-6-7-11-24)26(34)17-14-21-12-15-25(33)16-13-21/h3-5,8-9,12-13,15-16,23-24,27,30,33H,2,6-7,10-11,14,17-20H2,1H3,(H,29,35). The third kappa shape index (κ3) is 6.61. The molecular weight excluding hydrogens is 440 g/mol. The summed E-state index contributed by atoms with van der Waals surface area (Å²) >= 11 is 0. The van der Waals surface area contributed by atoms with Gasteiger partial charge < -0.3 is 15.3 Å². The zero-order valence-electron chi connectivity index (χ0n) is 20.7. The molecule has 1 aliphatic heterocycles. The summed E-state index contributed by atoms with van der Waals surface area (Å²) in [5.74, 6) is 0.226. The number of benzene rings is 2. The molecule has 7 heteroatoms. The molecule has 188 valence electrons. The summed E-state index contributed by atoms with van der Waals surface area (Å²) < 4.78 is 0. The third-order valence-corrected chi connectivity index (χ3v) is 7.31. The number of aryl methyl sites for hydroxylation is 1. The second kappa shape index (κ2) is 12.2. The van der Waals surface area contributed by atoms with E-state index in [1.807, 2.05) is 47.4 Å². The molecule has 1 heterocycles. The highest BCUT2D eigenvalue weighted by Gasteiger charge is 2.42. The van der Waals surface area contributed by atoms with Gasteiger partial charge in [0.25, 0.3) is 0 Å². The largest absolute Gasteiger partial charge is 0.508 e. The van der Waals surface area contributed by atoms with Crippen molar-refractivity contribution in [3.8, 4) is 5.75 Å². The molecule has 1 saturated heterocycles. The fourth-order valence-corrected chi connectivity index (χ4v) is 5.38. The first-order valence-electron chi connectivity index (χ1n) is 12.9. The van der Waals surface area contributed by atoms with Crippen LogP contribution < -0.4 is 10.7 Å². The minimum absolute atomic E-state index is 0.0314. The zero-order chi connectivity index (χ0) is 24.6. The van der Waals surface area contributed by atoms with Crippen LogP contribution in [0.15, 0.2) is 54.6 Å². The molecule has 3 N–H and O–H groups in total. The Morgan fingerprint density at radius 1 is 1.09 bits per heavy atom. The fraction of sp³-hybridized carbons (Fsp3) is 0.500. The van der Waals surface area contributed by atoms with E-state index in [1.54, 1.807) is 12.1 Å². The van der Waals surface area contributed by atoms with Crippen molar-refractivity contribution in [2.45, 2.75) is 64.1 Å². The highest BCUT2D eigenvalue weighted by Crippen LogP contribution is 2.30. The molecule has 2 unspecified atom stereocenters. The van der Waals surface area contributed by atoms with Gasteiger partial charge in [0.15, 0.2) is 0 Å². The summed E-state index contributed by atoms with van der Waals surface area (Å²) in [6.45, 7) is 4.83. The van der Waals surface area contributed by atoms with Crippen LogP contribution in [0.4, 0.5) is 0 Å². The van der Waals surface area contributed by atoms with Gasteiger partial charge >= 0.3 is 0 Å². The molecule has 2 atom stereocenters. The molecule has 2 amide bonds. The van der Waals surface area contributed by atoms with E-state index in [0.717, 1.165) is 49.9 Å². The van der Waals surface area contributed by atoms with Gasteiger partial charge in [-0.1, -0.05) is 62.2 Å². The molecule has 2 aromatic rings. The lowest BCUT2D eigenvalue weighted by Crippen LogP contribution is -2.57. The van der Waals surface area contributed by atoms with Crippen LogP contribution in [-0.4, -0.2) is 58.5 Å². The smallest absolute Gasteiger partial charge is 0.243 e. The molecule has 0 radical (unpaired) electrons.